The van der Waals surface area contributed by atoms with Crippen LogP contribution in [0.4, 0.5) is 0 Å². The molecule has 0 aromatic rings. The summed E-state index contributed by atoms with van der Waals surface area (Å²) in [4.78, 5) is 6.04. The smallest absolute Gasteiger partial charge is 0.191 e. The van der Waals surface area contributed by atoms with E-state index in [4.69, 9.17) is 10.5 Å². The van der Waals surface area contributed by atoms with E-state index in [-0.39, 0.29) is 12.3 Å². The third kappa shape index (κ3) is 4.13. The first-order valence-electron chi connectivity index (χ1n) is 6.09. The second-order valence-electron chi connectivity index (χ2n) is 5.27. The highest BCUT2D eigenvalue weighted by Crippen LogP contribution is 2.15. The van der Waals surface area contributed by atoms with Gasteiger partial charge in [0.05, 0.1) is 30.3 Å². The average Bonchev–Trinajstić information content (AvgIpc) is 2.28. The highest BCUT2D eigenvalue weighted by atomic mass is 32.2. The minimum Gasteiger partial charge on any atom is -0.378 e. The van der Waals surface area contributed by atoms with Crippen LogP contribution in [0.1, 0.15) is 20.8 Å². The van der Waals surface area contributed by atoms with Gasteiger partial charge in [-0.15, -0.1) is 0 Å². The van der Waals surface area contributed by atoms with Crippen LogP contribution in [0, 0.1) is 0 Å². The molecular weight excluding hydrogens is 254 g/mol. The van der Waals surface area contributed by atoms with Gasteiger partial charge in [0.25, 0.3) is 0 Å². The zero-order valence-corrected chi connectivity index (χ0v) is 12.2. The molecule has 6 nitrogen and oxygen atoms in total. The van der Waals surface area contributed by atoms with Crippen LogP contribution < -0.4 is 5.73 Å². The lowest BCUT2D eigenvalue weighted by atomic mass is 10.3. The molecule has 7 heteroatoms. The van der Waals surface area contributed by atoms with E-state index in [9.17, 15) is 8.42 Å². The van der Waals surface area contributed by atoms with Crippen molar-refractivity contribution < 1.29 is 13.2 Å². The van der Waals surface area contributed by atoms with Gasteiger partial charge in [0, 0.05) is 13.1 Å². The molecule has 1 fully saturated rings. The predicted octanol–water partition coefficient (Wildman–Crippen LogP) is -0.153. The van der Waals surface area contributed by atoms with Crippen LogP contribution in [0.3, 0.4) is 0 Å². The van der Waals surface area contributed by atoms with E-state index in [1.807, 2.05) is 4.90 Å². The number of hydrogen-bond donors (Lipinski definition) is 1. The number of nitrogens with zero attached hydrogens (tertiary/aromatic N) is 2. The van der Waals surface area contributed by atoms with Crippen LogP contribution >= 0.6 is 0 Å². The first kappa shape index (κ1) is 15.2. The fraction of sp³-hybridized carbons (Fsp3) is 0.909. The summed E-state index contributed by atoms with van der Waals surface area (Å²) in [6.45, 7) is 7.98. The number of ether oxygens (including phenoxy) is 1. The molecule has 0 saturated carbocycles. The molecule has 106 valence electrons. The molecule has 1 saturated heterocycles. The van der Waals surface area contributed by atoms with Crippen LogP contribution in [0.25, 0.3) is 0 Å². The van der Waals surface area contributed by atoms with Crippen LogP contribution in [0.2, 0.25) is 0 Å². The van der Waals surface area contributed by atoms with Crippen molar-refractivity contribution in [3.63, 3.8) is 0 Å². The fourth-order valence-electron chi connectivity index (χ4n) is 1.48. The predicted molar refractivity (Wildman–Crippen MR) is 72.4 cm³/mol. The molecule has 0 bridgehead atoms. The Kier molecular flexibility index (Phi) is 4.98. The molecule has 1 aliphatic rings. The largest absolute Gasteiger partial charge is 0.378 e. The van der Waals surface area contributed by atoms with Gasteiger partial charge in [-0.3, -0.25) is 4.99 Å². The Morgan fingerprint density at radius 3 is 2.39 bits per heavy atom. The van der Waals surface area contributed by atoms with Crippen molar-refractivity contribution in [3.8, 4) is 0 Å². The normalized spacial score (nSPS) is 19.1. The van der Waals surface area contributed by atoms with Gasteiger partial charge in [-0.05, 0) is 20.8 Å². The molecule has 1 aliphatic heterocycles. The molecular formula is C11H23N3O3S. The molecule has 1 rings (SSSR count). The zero-order chi connectivity index (χ0) is 13.8. The second kappa shape index (κ2) is 5.88. The van der Waals surface area contributed by atoms with E-state index in [1.54, 1.807) is 20.8 Å². The lowest BCUT2D eigenvalue weighted by Crippen LogP contribution is -2.45. The van der Waals surface area contributed by atoms with E-state index in [0.29, 0.717) is 32.3 Å². The minimum absolute atomic E-state index is 0.0293. The van der Waals surface area contributed by atoms with Gasteiger partial charge in [-0.25, -0.2) is 8.42 Å². The zero-order valence-electron chi connectivity index (χ0n) is 11.3. The summed E-state index contributed by atoms with van der Waals surface area (Å²) in [5.74, 6) is 0.434. The van der Waals surface area contributed by atoms with Gasteiger partial charge in [-0.2, -0.15) is 0 Å². The standard InChI is InChI=1S/C11H23N3O3S/c1-11(2,3)18(15,16)9-4-13-10(12)14-5-7-17-8-6-14/h4-9H2,1-3H3,(H2,12,13). The Labute approximate surface area is 109 Å². The van der Waals surface area contributed by atoms with Crippen molar-refractivity contribution in [2.45, 2.75) is 25.5 Å². The van der Waals surface area contributed by atoms with Crippen molar-refractivity contribution in [3.05, 3.63) is 0 Å². The Morgan fingerprint density at radius 2 is 1.89 bits per heavy atom. The Hall–Kier alpha value is -0.820. The average molecular weight is 277 g/mol. The van der Waals surface area contributed by atoms with Crippen LogP contribution in [-0.4, -0.2) is 62.6 Å². The molecule has 0 unspecified atom stereocenters. The van der Waals surface area contributed by atoms with Gasteiger partial charge in [0.1, 0.15) is 0 Å². The number of nitrogens with two attached hydrogens (primary N) is 1. The number of aliphatic imine (C=N–C) groups is 1. The summed E-state index contributed by atoms with van der Waals surface area (Å²) in [5, 5.41) is 0. The van der Waals surface area contributed by atoms with Crippen molar-refractivity contribution in [1.82, 2.24) is 4.90 Å². The topological polar surface area (TPSA) is 85.0 Å². The van der Waals surface area contributed by atoms with E-state index in [2.05, 4.69) is 4.99 Å². The molecule has 18 heavy (non-hydrogen) atoms. The molecule has 0 atom stereocenters. The number of sulfone groups is 1. The second-order valence-corrected chi connectivity index (χ2v) is 8.13. The lowest BCUT2D eigenvalue weighted by molar-refractivity contribution is 0.0674. The minimum atomic E-state index is -3.13. The lowest BCUT2D eigenvalue weighted by Gasteiger charge is -2.27. The summed E-state index contributed by atoms with van der Waals surface area (Å²) < 4.78 is 28.2. The van der Waals surface area contributed by atoms with Crippen LogP contribution in [-0.2, 0) is 14.6 Å². The maximum absolute atomic E-state index is 11.9. The first-order valence-corrected chi connectivity index (χ1v) is 7.74. The molecule has 0 aromatic carbocycles. The van der Waals surface area contributed by atoms with Gasteiger partial charge in [0.2, 0.25) is 0 Å². The van der Waals surface area contributed by atoms with Gasteiger partial charge in [-0.1, -0.05) is 0 Å². The molecule has 0 aliphatic carbocycles. The summed E-state index contributed by atoms with van der Waals surface area (Å²) >= 11 is 0. The maximum Gasteiger partial charge on any atom is 0.191 e. The monoisotopic (exact) mass is 277 g/mol. The Morgan fingerprint density at radius 1 is 1.33 bits per heavy atom. The Balaban J connectivity index is 2.49. The van der Waals surface area contributed by atoms with Gasteiger partial charge < -0.3 is 15.4 Å². The first-order chi connectivity index (χ1) is 8.24. The van der Waals surface area contributed by atoms with Crippen molar-refractivity contribution >= 4 is 15.8 Å². The SMILES string of the molecule is CC(C)(C)S(=O)(=O)CCN=C(N)N1CCOCC1. The van der Waals surface area contributed by atoms with Crippen LogP contribution in [0.5, 0.6) is 0 Å². The van der Waals surface area contributed by atoms with Crippen LogP contribution in [0.15, 0.2) is 4.99 Å². The molecule has 0 radical (unpaired) electrons. The van der Waals surface area contributed by atoms with E-state index >= 15 is 0 Å². The third-order valence-corrected chi connectivity index (χ3v) is 5.49. The number of hydrogen-bond acceptors (Lipinski definition) is 4. The fourth-order valence-corrected chi connectivity index (χ4v) is 2.42. The van der Waals surface area contributed by atoms with Gasteiger partial charge in [0.15, 0.2) is 15.8 Å². The summed E-state index contributed by atoms with van der Waals surface area (Å²) in [7, 11) is -3.13. The molecule has 2 N–H and O–H groups in total. The van der Waals surface area contributed by atoms with Crippen molar-refractivity contribution in [1.29, 1.82) is 0 Å². The van der Waals surface area contributed by atoms with E-state index in [1.165, 1.54) is 0 Å². The summed E-state index contributed by atoms with van der Waals surface area (Å²) in [5.41, 5.74) is 5.81. The number of rotatable bonds is 3. The number of guanidine groups is 1. The molecule has 0 spiro atoms. The third-order valence-electron chi connectivity index (χ3n) is 2.90. The molecule has 1 heterocycles. The van der Waals surface area contributed by atoms with Crippen molar-refractivity contribution in [2.24, 2.45) is 10.7 Å². The summed E-state index contributed by atoms with van der Waals surface area (Å²) in [6, 6.07) is 0. The van der Waals surface area contributed by atoms with E-state index < -0.39 is 14.6 Å². The van der Waals surface area contributed by atoms with Gasteiger partial charge >= 0.3 is 0 Å². The molecule has 0 aromatic heterocycles. The Bertz CT molecular complexity index is 392. The van der Waals surface area contributed by atoms with Crippen molar-refractivity contribution in [2.75, 3.05) is 38.6 Å². The number of morpholine rings is 1. The highest BCUT2D eigenvalue weighted by molar-refractivity contribution is 7.92. The van der Waals surface area contributed by atoms with E-state index in [0.717, 1.165) is 0 Å². The summed E-state index contributed by atoms with van der Waals surface area (Å²) in [6.07, 6.45) is 0. The maximum atomic E-state index is 11.9. The molecule has 0 amide bonds. The quantitative estimate of drug-likeness (QED) is 0.572. The highest BCUT2D eigenvalue weighted by Gasteiger charge is 2.28.